The van der Waals surface area contributed by atoms with Gasteiger partial charge < -0.3 is 9.64 Å². The van der Waals surface area contributed by atoms with E-state index in [0.29, 0.717) is 29.9 Å². The van der Waals surface area contributed by atoms with Crippen LogP contribution in [0.1, 0.15) is 28.4 Å². The van der Waals surface area contributed by atoms with Crippen LogP contribution in [0.2, 0.25) is 0 Å². The van der Waals surface area contributed by atoms with Gasteiger partial charge in [0.1, 0.15) is 0 Å². The van der Waals surface area contributed by atoms with Crippen LogP contribution >= 0.6 is 0 Å². The minimum Gasteiger partial charge on any atom is -0.462 e. The second-order valence-electron chi connectivity index (χ2n) is 6.32. The number of esters is 1. The van der Waals surface area contributed by atoms with Crippen molar-refractivity contribution >= 4 is 17.7 Å². The molecule has 1 heterocycles. The Labute approximate surface area is 160 Å². The summed E-state index contributed by atoms with van der Waals surface area (Å²) < 4.78 is 42.9. The van der Waals surface area contributed by atoms with Crippen molar-refractivity contribution in [2.24, 2.45) is 0 Å². The Kier molecular flexibility index (Phi) is 5.58. The number of rotatable bonds is 5. The number of carbonyl (C=O) groups excluding carboxylic acids is 2. The summed E-state index contributed by atoms with van der Waals surface area (Å²) in [4.78, 5) is 27.5. The second kappa shape index (κ2) is 7.92. The molecule has 0 aliphatic carbocycles. The van der Waals surface area contributed by atoms with E-state index >= 15 is 0 Å². The predicted octanol–water partition coefficient (Wildman–Crippen LogP) is 4.32. The highest BCUT2D eigenvalue weighted by atomic mass is 19.4. The lowest BCUT2D eigenvalue weighted by molar-refractivity contribution is -0.137. The van der Waals surface area contributed by atoms with E-state index < -0.39 is 17.7 Å². The molecule has 8 heteroatoms. The van der Waals surface area contributed by atoms with Gasteiger partial charge in [0.2, 0.25) is 0 Å². The number of hydrogen-bond acceptors (Lipinski definition) is 3. The zero-order valence-corrected chi connectivity index (χ0v) is 15.2. The molecule has 2 amide bonds. The van der Waals surface area contributed by atoms with Gasteiger partial charge in [0, 0.05) is 25.3 Å². The lowest BCUT2D eigenvalue weighted by Crippen LogP contribution is -2.31. The van der Waals surface area contributed by atoms with E-state index in [1.807, 2.05) is 0 Å². The number of benzene rings is 2. The summed E-state index contributed by atoms with van der Waals surface area (Å²) in [5.41, 5.74) is 0.958. The normalized spacial score (nSPS) is 14.5. The van der Waals surface area contributed by atoms with Crippen LogP contribution in [0.4, 0.5) is 23.7 Å². The average Bonchev–Trinajstić information content (AvgIpc) is 3.02. The van der Waals surface area contributed by atoms with Crippen LogP contribution in [0.3, 0.4) is 0 Å². The summed E-state index contributed by atoms with van der Waals surface area (Å²) >= 11 is 0. The van der Waals surface area contributed by atoms with Crippen molar-refractivity contribution in [3.63, 3.8) is 0 Å². The number of halogens is 3. The van der Waals surface area contributed by atoms with Crippen molar-refractivity contribution in [2.45, 2.75) is 19.6 Å². The maximum absolute atomic E-state index is 12.6. The van der Waals surface area contributed by atoms with Crippen molar-refractivity contribution in [1.29, 1.82) is 0 Å². The van der Waals surface area contributed by atoms with Crippen LogP contribution in [0.15, 0.2) is 48.5 Å². The molecule has 0 unspecified atom stereocenters. The van der Waals surface area contributed by atoms with Crippen molar-refractivity contribution in [3.05, 3.63) is 65.2 Å². The fourth-order valence-corrected chi connectivity index (χ4v) is 2.98. The quantitative estimate of drug-likeness (QED) is 0.712. The Morgan fingerprint density at radius 1 is 1.04 bits per heavy atom. The number of hydrogen-bond donors (Lipinski definition) is 0. The van der Waals surface area contributed by atoms with E-state index in [4.69, 9.17) is 4.74 Å². The molecule has 0 atom stereocenters. The van der Waals surface area contributed by atoms with Crippen molar-refractivity contribution in [1.82, 2.24) is 4.90 Å². The van der Waals surface area contributed by atoms with Crippen molar-refractivity contribution in [3.8, 4) is 0 Å². The summed E-state index contributed by atoms with van der Waals surface area (Å²) in [6.45, 7) is 3.15. The zero-order chi connectivity index (χ0) is 20.3. The van der Waals surface area contributed by atoms with Gasteiger partial charge in [0.05, 0.1) is 17.7 Å². The van der Waals surface area contributed by atoms with Gasteiger partial charge in [-0.25, -0.2) is 9.59 Å². The Morgan fingerprint density at radius 2 is 1.68 bits per heavy atom. The number of ether oxygens (including phenoxy) is 1. The molecule has 1 saturated heterocycles. The molecule has 1 fully saturated rings. The Hall–Kier alpha value is -3.03. The fourth-order valence-electron chi connectivity index (χ4n) is 2.98. The minimum absolute atomic E-state index is 0.231. The molecule has 0 radical (unpaired) electrons. The first-order valence-corrected chi connectivity index (χ1v) is 8.79. The number of nitrogens with zero attached hydrogens (tertiary/aromatic N) is 2. The van der Waals surface area contributed by atoms with E-state index in [2.05, 4.69) is 0 Å². The summed E-state index contributed by atoms with van der Waals surface area (Å²) in [6, 6.07) is 11.1. The van der Waals surface area contributed by atoms with Crippen LogP contribution < -0.4 is 4.90 Å². The van der Waals surface area contributed by atoms with Gasteiger partial charge in [-0.15, -0.1) is 0 Å². The first kappa shape index (κ1) is 19.7. The van der Waals surface area contributed by atoms with E-state index in [0.717, 1.165) is 12.1 Å². The summed E-state index contributed by atoms with van der Waals surface area (Å²) in [5, 5.41) is 0. The van der Waals surface area contributed by atoms with Gasteiger partial charge in [-0.3, -0.25) is 4.90 Å². The molecule has 1 aliphatic heterocycles. The molecule has 3 rings (SSSR count). The number of urea groups is 1. The van der Waals surface area contributed by atoms with Crippen LogP contribution in [0.5, 0.6) is 0 Å². The third-order valence-electron chi connectivity index (χ3n) is 4.44. The van der Waals surface area contributed by atoms with Gasteiger partial charge in [-0.05, 0) is 48.9 Å². The first-order chi connectivity index (χ1) is 13.3. The van der Waals surface area contributed by atoms with E-state index in [9.17, 15) is 22.8 Å². The monoisotopic (exact) mass is 392 g/mol. The fraction of sp³-hybridized carbons (Fsp3) is 0.300. The standard InChI is InChI=1S/C20H19F3N2O3/c1-2-28-18(26)15-5-9-17(10-6-15)25-12-11-24(19(25)27)13-14-3-7-16(8-4-14)20(21,22)23/h3-10H,2,11-13H2,1H3. The smallest absolute Gasteiger partial charge is 0.416 e. The molecule has 5 nitrogen and oxygen atoms in total. The Balaban J connectivity index is 1.65. The summed E-state index contributed by atoms with van der Waals surface area (Å²) in [7, 11) is 0. The van der Waals surface area contributed by atoms with Gasteiger partial charge in [-0.1, -0.05) is 12.1 Å². The number of carbonyl (C=O) groups is 2. The molecule has 2 aromatic carbocycles. The number of amides is 2. The third-order valence-corrected chi connectivity index (χ3v) is 4.44. The molecule has 2 aromatic rings. The van der Waals surface area contributed by atoms with E-state index in [1.54, 1.807) is 41.0 Å². The SMILES string of the molecule is CCOC(=O)c1ccc(N2CCN(Cc3ccc(C(F)(F)F)cc3)C2=O)cc1. The maximum atomic E-state index is 12.6. The molecule has 28 heavy (non-hydrogen) atoms. The Bertz CT molecular complexity index is 848. The first-order valence-electron chi connectivity index (χ1n) is 8.79. The van der Waals surface area contributed by atoms with Crippen molar-refractivity contribution < 1.29 is 27.5 Å². The molecule has 0 spiro atoms. The molecule has 0 N–H and O–H groups in total. The van der Waals surface area contributed by atoms with Gasteiger partial charge in [-0.2, -0.15) is 13.2 Å². The number of anilines is 1. The predicted molar refractivity (Wildman–Crippen MR) is 97.0 cm³/mol. The van der Waals surface area contributed by atoms with Crippen LogP contribution in [0.25, 0.3) is 0 Å². The average molecular weight is 392 g/mol. The largest absolute Gasteiger partial charge is 0.462 e. The molecule has 148 valence electrons. The lowest BCUT2D eigenvalue weighted by atomic mass is 10.1. The lowest BCUT2D eigenvalue weighted by Gasteiger charge is -2.19. The maximum Gasteiger partial charge on any atom is 0.416 e. The van der Waals surface area contributed by atoms with Gasteiger partial charge in [0.15, 0.2) is 0 Å². The molecular formula is C20H19F3N2O3. The zero-order valence-electron chi connectivity index (χ0n) is 15.2. The topological polar surface area (TPSA) is 49.9 Å². The van der Waals surface area contributed by atoms with Crippen LogP contribution in [0, 0.1) is 0 Å². The highest BCUT2D eigenvalue weighted by Crippen LogP contribution is 2.29. The highest BCUT2D eigenvalue weighted by molar-refractivity contribution is 5.95. The Morgan fingerprint density at radius 3 is 2.25 bits per heavy atom. The molecule has 1 aliphatic rings. The summed E-state index contributed by atoms with van der Waals surface area (Å²) in [5.74, 6) is -0.425. The van der Waals surface area contributed by atoms with Gasteiger partial charge in [0.25, 0.3) is 0 Å². The molecular weight excluding hydrogens is 373 g/mol. The van der Waals surface area contributed by atoms with E-state index in [-0.39, 0.29) is 19.2 Å². The minimum atomic E-state index is -4.38. The number of alkyl halides is 3. The van der Waals surface area contributed by atoms with Crippen LogP contribution in [-0.4, -0.2) is 36.6 Å². The van der Waals surface area contributed by atoms with Gasteiger partial charge >= 0.3 is 18.2 Å². The van der Waals surface area contributed by atoms with Crippen molar-refractivity contribution in [2.75, 3.05) is 24.6 Å². The third kappa shape index (κ3) is 4.27. The summed E-state index contributed by atoms with van der Waals surface area (Å²) in [6.07, 6.45) is -4.38. The van der Waals surface area contributed by atoms with E-state index in [1.165, 1.54) is 12.1 Å². The molecule has 0 aromatic heterocycles. The van der Waals surface area contributed by atoms with Crippen LogP contribution in [-0.2, 0) is 17.5 Å². The molecule has 0 saturated carbocycles. The second-order valence-corrected chi connectivity index (χ2v) is 6.32. The highest BCUT2D eigenvalue weighted by Gasteiger charge is 2.31. The molecule has 0 bridgehead atoms.